The van der Waals surface area contributed by atoms with Crippen LogP contribution in [0.25, 0.3) is 6.08 Å². The molecule has 15 heavy (non-hydrogen) atoms. The third kappa shape index (κ3) is 3.80. The van der Waals surface area contributed by atoms with Crippen molar-refractivity contribution in [2.45, 2.75) is 20.8 Å². The Labute approximate surface area is 101 Å². The molecule has 0 fully saturated rings. The van der Waals surface area contributed by atoms with Crippen LogP contribution in [0.3, 0.4) is 0 Å². The molecule has 0 radical (unpaired) electrons. The first-order valence-electron chi connectivity index (χ1n) is 5.10. The van der Waals surface area contributed by atoms with E-state index >= 15 is 0 Å². The Morgan fingerprint density at radius 2 is 2.07 bits per heavy atom. The molecule has 1 nitrogen and oxygen atoms in total. The summed E-state index contributed by atoms with van der Waals surface area (Å²) in [5, 5.41) is 0. The fourth-order valence-corrected chi connectivity index (χ4v) is 1.80. The van der Waals surface area contributed by atoms with E-state index in [9.17, 15) is 0 Å². The van der Waals surface area contributed by atoms with Crippen LogP contribution in [-0.2, 0) is 0 Å². The Hall–Kier alpha value is -0.600. The third-order valence-corrected chi connectivity index (χ3v) is 2.87. The van der Waals surface area contributed by atoms with Crippen LogP contribution < -0.4 is 5.73 Å². The summed E-state index contributed by atoms with van der Waals surface area (Å²) in [7, 11) is 0. The molecule has 2 heteroatoms. The summed E-state index contributed by atoms with van der Waals surface area (Å²) >= 11 is 3.46. The van der Waals surface area contributed by atoms with Gasteiger partial charge >= 0.3 is 0 Å². The lowest BCUT2D eigenvalue weighted by Gasteiger charge is -2.21. The van der Waals surface area contributed by atoms with Gasteiger partial charge in [0.15, 0.2) is 0 Å². The molecular weight excluding hydrogens is 250 g/mol. The average molecular weight is 268 g/mol. The standard InChI is InChI=1S/C13H18BrN/c1-13(2,3)11(9-15)7-10-5-4-6-12(14)8-10/h4-8H,9,15H2,1-3H3/b11-7+. The number of hydrogen-bond donors (Lipinski definition) is 1. The van der Waals surface area contributed by atoms with Gasteiger partial charge in [0.2, 0.25) is 0 Å². The molecule has 0 spiro atoms. The van der Waals surface area contributed by atoms with E-state index in [1.165, 1.54) is 11.1 Å². The lowest BCUT2D eigenvalue weighted by Crippen LogP contribution is -2.17. The first kappa shape index (κ1) is 12.5. The predicted molar refractivity (Wildman–Crippen MR) is 70.6 cm³/mol. The molecule has 1 aromatic rings. The average Bonchev–Trinajstić information content (AvgIpc) is 2.12. The van der Waals surface area contributed by atoms with Gasteiger partial charge < -0.3 is 5.73 Å². The van der Waals surface area contributed by atoms with E-state index in [1.807, 2.05) is 12.1 Å². The molecule has 0 aliphatic heterocycles. The molecule has 0 amide bonds. The SMILES string of the molecule is CC(C)(C)/C(=C/c1cccc(Br)c1)CN. The molecule has 82 valence electrons. The van der Waals surface area contributed by atoms with Crippen LogP contribution in [0.5, 0.6) is 0 Å². The summed E-state index contributed by atoms with van der Waals surface area (Å²) in [5.41, 5.74) is 8.36. The Morgan fingerprint density at radius 1 is 1.40 bits per heavy atom. The van der Waals surface area contributed by atoms with Crippen LogP contribution in [0.1, 0.15) is 26.3 Å². The first-order valence-corrected chi connectivity index (χ1v) is 5.89. The summed E-state index contributed by atoms with van der Waals surface area (Å²) in [6.07, 6.45) is 2.17. The lowest BCUT2D eigenvalue weighted by molar-refractivity contribution is 0.499. The van der Waals surface area contributed by atoms with E-state index in [4.69, 9.17) is 5.73 Å². The van der Waals surface area contributed by atoms with Crippen molar-refractivity contribution in [1.29, 1.82) is 0 Å². The van der Waals surface area contributed by atoms with Gasteiger partial charge in [-0.15, -0.1) is 0 Å². The highest BCUT2D eigenvalue weighted by Crippen LogP contribution is 2.26. The largest absolute Gasteiger partial charge is 0.327 e. The van der Waals surface area contributed by atoms with Crippen molar-refractivity contribution < 1.29 is 0 Å². The Balaban J connectivity index is 3.04. The molecule has 0 bridgehead atoms. The molecule has 0 aliphatic carbocycles. The summed E-state index contributed by atoms with van der Waals surface area (Å²) in [6, 6.07) is 8.25. The zero-order chi connectivity index (χ0) is 11.5. The highest BCUT2D eigenvalue weighted by atomic mass is 79.9. The minimum absolute atomic E-state index is 0.136. The number of halogens is 1. The van der Waals surface area contributed by atoms with Crippen molar-refractivity contribution in [3.8, 4) is 0 Å². The molecule has 2 N–H and O–H groups in total. The molecule has 0 atom stereocenters. The van der Waals surface area contributed by atoms with Gasteiger partial charge in [0.25, 0.3) is 0 Å². The van der Waals surface area contributed by atoms with Gasteiger partial charge in [-0.2, -0.15) is 0 Å². The van der Waals surface area contributed by atoms with Crippen LogP contribution in [0.2, 0.25) is 0 Å². The summed E-state index contributed by atoms with van der Waals surface area (Å²) in [4.78, 5) is 0. The van der Waals surface area contributed by atoms with Gasteiger partial charge in [-0.05, 0) is 23.1 Å². The van der Waals surface area contributed by atoms with Gasteiger partial charge in [0, 0.05) is 11.0 Å². The smallest absolute Gasteiger partial charge is 0.0181 e. The second-order valence-electron chi connectivity index (χ2n) is 4.68. The van der Waals surface area contributed by atoms with Crippen molar-refractivity contribution in [2.24, 2.45) is 11.1 Å². The molecule has 1 aromatic carbocycles. The Bertz CT molecular complexity index is 361. The van der Waals surface area contributed by atoms with Gasteiger partial charge in [0.1, 0.15) is 0 Å². The van der Waals surface area contributed by atoms with Crippen LogP contribution in [0.4, 0.5) is 0 Å². The number of benzene rings is 1. The zero-order valence-electron chi connectivity index (χ0n) is 9.55. The van der Waals surface area contributed by atoms with E-state index in [0.717, 1.165) is 4.47 Å². The highest BCUT2D eigenvalue weighted by Gasteiger charge is 2.15. The fraction of sp³-hybridized carbons (Fsp3) is 0.385. The van der Waals surface area contributed by atoms with Crippen LogP contribution in [0.15, 0.2) is 34.3 Å². The number of hydrogen-bond acceptors (Lipinski definition) is 1. The molecule has 0 aliphatic rings. The highest BCUT2D eigenvalue weighted by molar-refractivity contribution is 9.10. The minimum Gasteiger partial charge on any atom is -0.327 e. The Morgan fingerprint density at radius 3 is 2.53 bits per heavy atom. The third-order valence-electron chi connectivity index (χ3n) is 2.37. The summed E-state index contributed by atoms with van der Waals surface area (Å²) in [5.74, 6) is 0. The maximum absolute atomic E-state index is 5.76. The van der Waals surface area contributed by atoms with Crippen LogP contribution in [0, 0.1) is 5.41 Å². The molecule has 0 saturated carbocycles. The molecule has 0 unspecified atom stereocenters. The molecular formula is C13H18BrN. The van der Waals surface area contributed by atoms with E-state index in [-0.39, 0.29) is 5.41 Å². The minimum atomic E-state index is 0.136. The first-order chi connectivity index (χ1) is 6.93. The van der Waals surface area contributed by atoms with E-state index in [2.05, 4.69) is 54.9 Å². The zero-order valence-corrected chi connectivity index (χ0v) is 11.1. The summed E-state index contributed by atoms with van der Waals surface area (Å²) in [6.45, 7) is 7.16. The second kappa shape index (κ2) is 4.95. The van der Waals surface area contributed by atoms with Gasteiger partial charge in [-0.25, -0.2) is 0 Å². The van der Waals surface area contributed by atoms with Crippen molar-refractivity contribution in [2.75, 3.05) is 6.54 Å². The maximum Gasteiger partial charge on any atom is 0.0181 e. The van der Waals surface area contributed by atoms with Gasteiger partial charge in [0.05, 0.1) is 0 Å². The molecule has 0 aromatic heterocycles. The maximum atomic E-state index is 5.76. The quantitative estimate of drug-likeness (QED) is 0.866. The van der Waals surface area contributed by atoms with Crippen molar-refractivity contribution in [1.82, 2.24) is 0 Å². The van der Waals surface area contributed by atoms with Crippen molar-refractivity contribution in [3.63, 3.8) is 0 Å². The fourth-order valence-electron chi connectivity index (χ4n) is 1.38. The van der Waals surface area contributed by atoms with Crippen molar-refractivity contribution >= 4 is 22.0 Å². The van der Waals surface area contributed by atoms with Crippen LogP contribution >= 0.6 is 15.9 Å². The normalized spacial score (nSPS) is 13.0. The Kier molecular flexibility index (Phi) is 4.12. The lowest BCUT2D eigenvalue weighted by atomic mass is 9.85. The van der Waals surface area contributed by atoms with Crippen molar-refractivity contribution in [3.05, 3.63) is 39.9 Å². The van der Waals surface area contributed by atoms with Gasteiger partial charge in [-0.3, -0.25) is 0 Å². The van der Waals surface area contributed by atoms with E-state index in [1.54, 1.807) is 0 Å². The monoisotopic (exact) mass is 267 g/mol. The molecule has 0 saturated heterocycles. The summed E-state index contributed by atoms with van der Waals surface area (Å²) < 4.78 is 1.10. The number of nitrogens with two attached hydrogens (primary N) is 1. The number of rotatable bonds is 2. The van der Waals surface area contributed by atoms with E-state index in [0.29, 0.717) is 6.54 Å². The van der Waals surface area contributed by atoms with Gasteiger partial charge in [-0.1, -0.05) is 60.5 Å². The predicted octanol–water partition coefficient (Wildman–Crippen LogP) is 3.84. The van der Waals surface area contributed by atoms with Crippen LogP contribution in [-0.4, -0.2) is 6.54 Å². The molecule has 0 heterocycles. The molecule has 1 rings (SSSR count). The second-order valence-corrected chi connectivity index (χ2v) is 5.59. The van der Waals surface area contributed by atoms with E-state index < -0.39 is 0 Å². The topological polar surface area (TPSA) is 26.0 Å².